The monoisotopic (exact) mass is 393 g/mol. The van der Waals surface area contributed by atoms with Crippen LogP contribution in [-0.4, -0.2) is 62.8 Å². The lowest BCUT2D eigenvalue weighted by Gasteiger charge is -2.39. The minimum absolute atomic E-state index is 0.0720. The molecule has 0 aliphatic carbocycles. The van der Waals surface area contributed by atoms with E-state index in [9.17, 15) is 9.59 Å². The van der Waals surface area contributed by atoms with Gasteiger partial charge in [-0.3, -0.25) is 9.59 Å². The second-order valence-electron chi connectivity index (χ2n) is 7.15. The number of carbonyl (C=O) groups is 2. The fraction of sp³-hybridized carbons (Fsp3) is 0.600. The van der Waals surface area contributed by atoms with Crippen molar-refractivity contribution in [1.29, 1.82) is 0 Å². The quantitative estimate of drug-likeness (QED) is 0.735. The zero-order valence-electron chi connectivity index (χ0n) is 17.3. The Kier molecular flexibility index (Phi) is 7.65. The highest BCUT2D eigenvalue weighted by Gasteiger charge is 2.32. The minimum Gasteiger partial charge on any atom is -0.493 e. The maximum Gasteiger partial charge on any atom is 0.256 e. The summed E-state index contributed by atoms with van der Waals surface area (Å²) in [5.41, 5.74) is 6.51. The first-order valence-corrected chi connectivity index (χ1v) is 9.48. The highest BCUT2D eigenvalue weighted by molar-refractivity contribution is 6.05. The summed E-state index contributed by atoms with van der Waals surface area (Å²) >= 11 is 0. The van der Waals surface area contributed by atoms with Gasteiger partial charge in [0.25, 0.3) is 5.91 Å². The van der Waals surface area contributed by atoms with Crippen molar-refractivity contribution in [2.75, 3.05) is 33.3 Å². The maximum atomic E-state index is 13.4. The Balaban J connectivity index is 2.45. The van der Waals surface area contributed by atoms with E-state index in [1.807, 2.05) is 18.7 Å². The summed E-state index contributed by atoms with van der Waals surface area (Å²) < 4.78 is 15.6. The van der Waals surface area contributed by atoms with E-state index in [4.69, 9.17) is 19.9 Å². The summed E-state index contributed by atoms with van der Waals surface area (Å²) in [5, 5.41) is 2.74. The minimum atomic E-state index is -0.853. The smallest absolute Gasteiger partial charge is 0.256 e. The molecule has 3 N–H and O–H groups in total. The van der Waals surface area contributed by atoms with Gasteiger partial charge in [0.15, 0.2) is 11.5 Å². The molecule has 0 aromatic heterocycles. The van der Waals surface area contributed by atoms with E-state index in [0.29, 0.717) is 22.7 Å². The third-order valence-electron chi connectivity index (χ3n) is 5.12. The Morgan fingerprint density at radius 1 is 1.14 bits per heavy atom. The van der Waals surface area contributed by atoms with E-state index in [1.54, 1.807) is 12.1 Å². The number of benzene rings is 1. The summed E-state index contributed by atoms with van der Waals surface area (Å²) in [6, 6.07) is 2.57. The fourth-order valence-corrected chi connectivity index (χ4v) is 3.60. The van der Waals surface area contributed by atoms with E-state index in [1.165, 1.54) is 21.3 Å². The molecule has 1 saturated heterocycles. The van der Waals surface area contributed by atoms with Crippen LogP contribution in [0.5, 0.6) is 11.5 Å². The molecule has 156 valence electrons. The standard InChI is InChI=1S/C20H31N3O5/c1-12-7-6-8-13(2)23(12)20(25)14-9-17(27-4)18(28-5)10-16(14)22-19(24)15(21)11-26-3/h9-10,12-13,15H,6-8,11,21H2,1-5H3,(H,22,24). The predicted molar refractivity (Wildman–Crippen MR) is 107 cm³/mol. The SMILES string of the molecule is COCC(N)C(=O)Nc1cc(OC)c(OC)cc1C(=O)N1C(C)CCCC1C. The molecule has 3 atom stereocenters. The number of likely N-dealkylation sites (tertiary alicyclic amines) is 1. The van der Waals surface area contributed by atoms with Crippen LogP contribution in [-0.2, 0) is 9.53 Å². The first-order valence-electron chi connectivity index (χ1n) is 9.48. The highest BCUT2D eigenvalue weighted by Crippen LogP contribution is 2.35. The van der Waals surface area contributed by atoms with Gasteiger partial charge in [-0.15, -0.1) is 0 Å². The number of rotatable bonds is 7. The van der Waals surface area contributed by atoms with Crippen LogP contribution in [0, 0.1) is 0 Å². The van der Waals surface area contributed by atoms with Gasteiger partial charge >= 0.3 is 0 Å². The number of nitrogens with two attached hydrogens (primary N) is 1. The zero-order chi connectivity index (χ0) is 20.8. The van der Waals surface area contributed by atoms with Crippen molar-refractivity contribution in [3.05, 3.63) is 17.7 Å². The molecule has 1 aliphatic rings. The largest absolute Gasteiger partial charge is 0.493 e. The van der Waals surface area contributed by atoms with E-state index >= 15 is 0 Å². The molecule has 0 spiro atoms. The van der Waals surface area contributed by atoms with Crippen LogP contribution in [0.1, 0.15) is 43.5 Å². The third-order valence-corrected chi connectivity index (χ3v) is 5.12. The van der Waals surface area contributed by atoms with Gasteiger partial charge in [-0.1, -0.05) is 0 Å². The van der Waals surface area contributed by atoms with Gasteiger partial charge in [0.05, 0.1) is 32.1 Å². The lowest BCUT2D eigenvalue weighted by molar-refractivity contribution is -0.118. The molecule has 0 bridgehead atoms. The highest BCUT2D eigenvalue weighted by atomic mass is 16.5. The number of hydrogen-bond donors (Lipinski definition) is 2. The molecular weight excluding hydrogens is 362 g/mol. The molecule has 2 rings (SSSR count). The van der Waals surface area contributed by atoms with Crippen LogP contribution in [0.2, 0.25) is 0 Å². The van der Waals surface area contributed by atoms with Crippen LogP contribution in [0.15, 0.2) is 12.1 Å². The molecule has 0 radical (unpaired) electrons. The molecule has 1 aliphatic heterocycles. The average molecular weight is 393 g/mol. The molecule has 1 heterocycles. The van der Waals surface area contributed by atoms with E-state index < -0.39 is 11.9 Å². The van der Waals surface area contributed by atoms with Gasteiger partial charge in [-0.2, -0.15) is 0 Å². The molecule has 1 fully saturated rings. The van der Waals surface area contributed by atoms with Crippen molar-refractivity contribution in [2.24, 2.45) is 5.73 Å². The molecule has 28 heavy (non-hydrogen) atoms. The number of amides is 2. The first-order chi connectivity index (χ1) is 13.3. The summed E-state index contributed by atoms with van der Waals surface area (Å²) in [5.74, 6) is 0.232. The molecule has 1 aromatic rings. The van der Waals surface area contributed by atoms with E-state index in [-0.39, 0.29) is 24.6 Å². The van der Waals surface area contributed by atoms with Gasteiger partial charge in [0, 0.05) is 25.3 Å². The van der Waals surface area contributed by atoms with Crippen LogP contribution < -0.4 is 20.5 Å². The summed E-state index contributed by atoms with van der Waals surface area (Å²) in [7, 11) is 4.47. The second-order valence-corrected chi connectivity index (χ2v) is 7.15. The summed E-state index contributed by atoms with van der Waals surface area (Å²) in [4.78, 5) is 27.7. The van der Waals surface area contributed by atoms with Crippen LogP contribution in [0.25, 0.3) is 0 Å². The van der Waals surface area contributed by atoms with Crippen molar-refractivity contribution in [3.63, 3.8) is 0 Å². The number of nitrogens with zero attached hydrogens (tertiary/aromatic N) is 1. The van der Waals surface area contributed by atoms with Gasteiger partial charge in [0.1, 0.15) is 6.04 Å². The Morgan fingerprint density at radius 3 is 2.25 bits per heavy atom. The fourth-order valence-electron chi connectivity index (χ4n) is 3.60. The normalized spacial score (nSPS) is 20.4. The molecule has 8 nitrogen and oxygen atoms in total. The lowest BCUT2D eigenvalue weighted by atomic mass is 9.96. The van der Waals surface area contributed by atoms with Crippen molar-refractivity contribution in [2.45, 2.75) is 51.2 Å². The van der Waals surface area contributed by atoms with Gasteiger partial charge < -0.3 is 30.2 Å². The molecule has 1 aromatic carbocycles. The van der Waals surface area contributed by atoms with E-state index in [0.717, 1.165) is 19.3 Å². The molecule has 0 saturated carbocycles. The molecular formula is C20H31N3O5. The Morgan fingerprint density at radius 2 is 1.71 bits per heavy atom. The number of piperidine rings is 1. The zero-order valence-corrected chi connectivity index (χ0v) is 17.3. The molecule has 3 unspecified atom stereocenters. The summed E-state index contributed by atoms with van der Waals surface area (Å²) in [6.07, 6.45) is 2.99. The Labute approximate surface area is 166 Å². The lowest BCUT2D eigenvalue weighted by Crippen LogP contribution is -2.47. The van der Waals surface area contributed by atoms with Crippen molar-refractivity contribution < 1.29 is 23.8 Å². The van der Waals surface area contributed by atoms with Crippen molar-refractivity contribution in [3.8, 4) is 11.5 Å². The molecule has 2 amide bonds. The van der Waals surface area contributed by atoms with Crippen molar-refractivity contribution >= 4 is 17.5 Å². The number of anilines is 1. The average Bonchev–Trinajstić information content (AvgIpc) is 2.67. The number of methoxy groups -OCH3 is 3. The van der Waals surface area contributed by atoms with Gasteiger partial charge in [0.2, 0.25) is 5.91 Å². The molecule has 8 heteroatoms. The number of carbonyl (C=O) groups excluding carboxylic acids is 2. The summed E-state index contributed by atoms with van der Waals surface area (Å²) in [6.45, 7) is 4.16. The van der Waals surface area contributed by atoms with Crippen LogP contribution >= 0.6 is 0 Å². The topological polar surface area (TPSA) is 103 Å². The van der Waals surface area contributed by atoms with E-state index in [2.05, 4.69) is 5.32 Å². The van der Waals surface area contributed by atoms with Gasteiger partial charge in [-0.05, 0) is 39.2 Å². The van der Waals surface area contributed by atoms with Crippen LogP contribution in [0.3, 0.4) is 0 Å². The number of nitrogens with one attached hydrogen (secondary N) is 1. The van der Waals surface area contributed by atoms with Crippen molar-refractivity contribution in [1.82, 2.24) is 4.90 Å². The number of ether oxygens (including phenoxy) is 3. The Bertz CT molecular complexity index is 699. The second kappa shape index (κ2) is 9.75. The predicted octanol–water partition coefficient (Wildman–Crippen LogP) is 2.02. The first kappa shape index (κ1) is 22.0. The third kappa shape index (κ3) is 4.74. The number of hydrogen-bond acceptors (Lipinski definition) is 6. The maximum absolute atomic E-state index is 13.4. The Hall–Kier alpha value is -2.32. The van der Waals surface area contributed by atoms with Gasteiger partial charge in [-0.25, -0.2) is 0 Å². The van der Waals surface area contributed by atoms with Crippen LogP contribution in [0.4, 0.5) is 5.69 Å².